The fourth-order valence-corrected chi connectivity index (χ4v) is 1.83. The molecule has 0 aliphatic rings. The van der Waals surface area contributed by atoms with E-state index in [9.17, 15) is 4.79 Å². The number of benzene rings is 1. The van der Waals surface area contributed by atoms with E-state index < -0.39 is 5.97 Å². The van der Waals surface area contributed by atoms with Crippen molar-refractivity contribution in [2.75, 3.05) is 11.9 Å². The quantitative estimate of drug-likeness (QED) is 0.881. The Labute approximate surface area is 121 Å². The number of ether oxygens (including phenoxy) is 1. The van der Waals surface area contributed by atoms with Crippen molar-refractivity contribution >= 4 is 29.1 Å². The fourth-order valence-electron chi connectivity index (χ4n) is 1.65. The maximum absolute atomic E-state index is 11.0. The van der Waals surface area contributed by atoms with E-state index in [1.165, 1.54) is 12.3 Å². The number of aromatic nitrogens is 1. The highest BCUT2D eigenvalue weighted by Crippen LogP contribution is 2.23. The van der Waals surface area contributed by atoms with Gasteiger partial charge >= 0.3 is 5.97 Å². The molecular formula is C14H13ClN2O3. The minimum atomic E-state index is -1.09. The van der Waals surface area contributed by atoms with Gasteiger partial charge in [0.25, 0.3) is 0 Å². The molecule has 2 rings (SSSR count). The lowest BCUT2D eigenvalue weighted by Gasteiger charge is -2.09. The SMILES string of the molecule is CCOc1cccc(Nc2cc(C(=O)O)c(Cl)cn2)c1. The number of aromatic carboxylic acids is 1. The molecule has 0 unspecified atom stereocenters. The van der Waals surface area contributed by atoms with Crippen LogP contribution in [0.15, 0.2) is 36.5 Å². The van der Waals surface area contributed by atoms with Gasteiger partial charge in [0.15, 0.2) is 0 Å². The standard InChI is InChI=1S/C14H13ClN2O3/c1-2-20-10-5-3-4-9(6-10)17-13-7-11(14(18)19)12(15)8-16-13/h3-8H,2H2,1H3,(H,16,17)(H,18,19). The van der Waals surface area contributed by atoms with Gasteiger partial charge in [-0.1, -0.05) is 17.7 Å². The Hall–Kier alpha value is -2.27. The summed E-state index contributed by atoms with van der Waals surface area (Å²) in [7, 11) is 0. The third kappa shape index (κ3) is 3.39. The van der Waals surface area contributed by atoms with Gasteiger partial charge < -0.3 is 15.2 Å². The average Bonchev–Trinajstić information content (AvgIpc) is 2.41. The number of nitrogens with zero attached hydrogens (tertiary/aromatic N) is 1. The van der Waals surface area contributed by atoms with Crippen molar-refractivity contribution in [3.8, 4) is 5.75 Å². The topological polar surface area (TPSA) is 71.5 Å². The average molecular weight is 293 g/mol. The van der Waals surface area contributed by atoms with Crippen LogP contribution >= 0.6 is 11.6 Å². The van der Waals surface area contributed by atoms with Crippen molar-refractivity contribution in [2.24, 2.45) is 0 Å². The normalized spacial score (nSPS) is 10.1. The molecule has 5 nitrogen and oxygen atoms in total. The summed E-state index contributed by atoms with van der Waals surface area (Å²) >= 11 is 5.77. The van der Waals surface area contributed by atoms with Crippen molar-refractivity contribution in [1.82, 2.24) is 4.98 Å². The van der Waals surface area contributed by atoms with Gasteiger partial charge in [-0.2, -0.15) is 0 Å². The van der Waals surface area contributed by atoms with E-state index in [4.69, 9.17) is 21.4 Å². The summed E-state index contributed by atoms with van der Waals surface area (Å²) in [5, 5.41) is 12.1. The van der Waals surface area contributed by atoms with Gasteiger partial charge in [0, 0.05) is 18.0 Å². The lowest BCUT2D eigenvalue weighted by atomic mass is 10.2. The summed E-state index contributed by atoms with van der Waals surface area (Å²) in [5.41, 5.74) is 0.757. The number of carboxylic acids is 1. The van der Waals surface area contributed by atoms with E-state index in [2.05, 4.69) is 10.3 Å². The monoisotopic (exact) mass is 292 g/mol. The largest absolute Gasteiger partial charge is 0.494 e. The molecule has 0 radical (unpaired) electrons. The zero-order valence-corrected chi connectivity index (χ0v) is 11.5. The van der Waals surface area contributed by atoms with Crippen LogP contribution in [0.25, 0.3) is 0 Å². The second-order valence-corrected chi connectivity index (χ2v) is 4.35. The molecule has 2 N–H and O–H groups in total. The van der Waals surface area contributed by atoms with Crippen LogP contribution in [0.5, 0.6) is 5.75 Å². The number of hydrogen-bond donors (Lipinski definition) is 2. The zero-order valence-electron chi connectivity index (χ0n) is 10.8. The lowest BCUT2D eigenvalue weighted by Crippen LogP contribution is -2.01. The molecule has 0 saturated carbocycles. The first-order chi connectivity index (χ1) is 9.60. The van der Waals surface area contributed by atoms with Crippen LogP contribution in [-0.2, 0) is 0 Å². The van der Waals surface area contributed by atoms with E-state index in [0.29, 0.717) is 12.4 Å². The third-order valence-electron chi connectivity index (χ3n) is 2.50. The molecule has 0 fully saturated rings. The van der Waals surface area contributed by atoms with Crippen molar-refractivity contribution in [2.45, 2.75) is 6.92 Å². The number of carboxylic acid groups (broad SMARTS) is 1. The predicted molar refractivity (Wildman–Crippen MR) is 77.1 cm³/mol. The van der Waals surface area contributed by atoms with Crippen molar-refractivity contribution in [3.63, 3.8) is 0 Å². The molecule has 0 aliphatic heterocycles. The van der Waals surface area contributed by atoms with Crippen LogP contribution in [0.1, 0.15) is 17.3 Å². The fraction of sp³-hybridized carbons (Fsp3) is 0.143. The zero-order chi connectivity index (χ0) is 14.5. The van der Waals surface area contributed by atoms with E-state index in [1.807, 2.05) is 25.1 Å². The molecule has 0 aliphatic carbocycles. The molecule has 0 saturated heterocycles. The number of anilines is 2. The van der Waals surface area contributed by atoms with E-state index in [0.717, 1.165) is 11.4 Å². The second-order valence-electron chi connectivity index (χ2n) is 3.94. The van der Waals surface area contributed by atoms with Gasteiger partial charge in [-0.25, -0.2) is 9.78 Å². The summed E-state index contributed by atoms with van der Waals surface area (Å²) in [6.07, 6.45) is 1.31. The molecule has 1 aromatic carbocycles. The Kier molecular flexibility index (Phi) is 4.42. The Balaban J connectivity index is 2.23. The molecule has 1 aromatic heterocycles. The Bertz CT molecular complexity index is 632. The van der Waals surface area contributed by atoms with Gasteiger partial charge in [0.2, 0.25) is 0 Å². The maximum atomic E-state index is 11.0. The van der Waals surface area contributed by atoms with Crippen LogP contribution in [0.4, 0.5) is 11.5 Å². The van der Waals surface area contributed by atoms with Gasteiger partial charge in [0.05, 0.1) is 17.2 Å². The predicted octanol–water partition coefficient (Wildman–Crippen LogP) is 3.58. The minimum Gasteiger partial charge on any atom is -0.494 e. The second kappa shape index (κ2) is 6.25. The van der Waals surface area contributed by atoms with Crippen LogP contribution < -0.4 is 10.1 Å². The van der Waals surface area contributed by atoms with E-state index in [-0.39, 0.29) is 10.6 Å². The van der Waals surface area contributed by atoms with E-state index in [1.54, 1.807) is 6.07 Å². The smallest absolute Gasteiger partial charge is 0.337 e. The van der Waals surface area contributed by atoms with Crippen LogP contribution in [0.2, 0.25) is 5.02 Å². The molecule has 0 atom stereocenters. The number of rotatable bonds is 5. The number of nitrogens with one attached hydrogen (secondary N) is 1. The summed E-state index contributed by atoms with van der Waals surface area (Å²) in [6, 6.07) is 8.70. The highest BCUT2D eigenvalue weighted by atomic mass is 35.5. The number of pyridine rings is 1. The minimum absolute atomic E-state index is 0.00475. The Morgan fingerprint density at radius 1 is 1.45 bits per heavy atom. The molecule has 0 bridgehead atoms. The molecule has 104 valence electrons. The van der Waals surface area contributed by atoms with Crippen molar-refractivity contribution in [1.29, 1.82) is 0 Å². The number of carbonyl (C=O) groups is 1. The van der Waals surface area contributed by atoms with Gasteiger partial charge in [-0.05, 0) is 25.1 Å². The number of halogens is 1. The van der Waals surface area contributed by atoms with Crippen molar-refractivity contribution < 1.29 is 14.6 Å². The Morgan fingerprint density at radius 2 is 2.25 bits per heavy atom. The molecule has 20 heavy (non-hydrogen) atoms. The molecule has 2 aromatic rings. The maximum Gasteiger partial charge on any atom is 0.337 e. The van der Waals surface area contributed by atoms with Gasteiger partial charge in [-0.3, -0.25) is 0 Å². The molecule has 6 heteroatoms. The molecular weight excluding hydrogens is 280 g/mol. The van der Waals surface area contributed by atoms with Gasteiger partial charge in [0.1, 0.15) is 11.6 Å². The third-order valence-corrected chi connectivity index (χ3v) is 2.80. The number of hydrogen-bond acceptors (Lipinski definition) is 4. The molecule has 1 heterocycles. The first-order valence-corrected chi connectivity index (χ1v) is 6.36. The van der Waals surface area contributed by atoms with Crippen LogP contribution in [0.3, 0.4) is 0 Å². The Morgan fingerprint density at radius 3 is 2.95 bits per heavy atom. The van der Waals surface area contributed by atoms with Crippen molar-refractivity contribution in [3.05, 3.63) is 47.1 Å². The summed E-state index contributed by atoms with van der Waals surface area (Å²) < 4.78 is 5.39. The van der Waals surface area contributed by atoms with E-state index >= 15 is 0 Å². The van der Waals surface area contributed by atoms with Gasteiger partial charge in [-0.15, -0.1) is 0 Å². The first-order valence-electron chi connectivity index (χ1n) is 5.99. The molecule has 0 spiro atoms. The van der Waals surface area contributed by atoms with Crippen LogP contribution in [0, 0.1) is 0 Å². The summed E-state index contributed by atoms with van der Waals surface area (Å²) in [6.45, 7) is 2.48. The highest BCUT2D eigenvalue weighted by Gasteiger charge is 2.10. The summed E-state index contributed by atoms with van der Waals surface area (Å²) in [5.74, 6) is 0.0360. The lowest BCUT2D eigenvalue weighted by molar-refractivity contribution is 0.0697. The molecule has 0 amide bonds. The summed E-state index contributed by atoms with van der Waals surface area (Å²) in [4.78, 5) is 15.1. The first kappa shape index (κ1) is 14.1. The van der Waals surface area contributed by atoms with Crippen LogP contribution in [-0.4, -0.2) is 22.7 Å². The highest BCUT2D eigenvalue weighted by molar-refractivity contribution is 6.33.